The largest absolute Gasteiger partial charge is 0.495 e. The molecule has 6 heteroatoms. The highest BCUT2D eigenvalue weighted by Gasteiger charge is 2.20. The smallest absolute Gasteiger partial charge is 0.251 e. The Morgan fingerprint density at radius 1 is 1.37 bits per heavy atom. The Hall–Kier alpha value is -1.27. The van der Waals surface area contributed by atoms with Crippen LogP contribution in [0.4, 0.5) is 0 Å². The van der Waals surface area contributed by atoms with Gasteiger partial charge in [0.05, 0.1) is 26.9 Å². The Morgan fingerprint density at radius 2 is 2.00 bits per heavy atom. The van der Waals surface area contributed by atoms with Crippen LogP contribution in [0, 0.1) is 0 Å². The average molecular weight is 330 g/mol. The zero-order valence-electron chi connectivity index (χ0n) is 10.9. The number of benzene rings is 1. The molecule has 0 spiro atoms. The second-order valence-corrected chi connectivity index (χ2v) is 5.02. The van der Waals surface area contributed by atoms with Gasteiger partial charge in [0.25, 0.3) is 5.91 Å². The lowest BCUT2D eigenvalue weighted by Gasteiger charge is -2.14. The van der Waals surface area contributed by atoms with Gasteiger partial charge in [0.2, 0.25) is 0 Å². The highest BCUT2D eigenvalue weighted by Crippen LogP contribution is 2.35. The van der Waals surface area contributed by atoms with Gasteiger partial charge in [-0.15, -0.1) is 0 Å². The van der Waals surface area contributed by atoms with E-state index in [4.69, 9.17) is 14.2 Å². The monoisotopic (exact) mass is 329 g/mol. The molecule has 0 aliphatic carbocycles. The van der Waals surface area contributed by atoms with Crippen LogP contribution in [0.3, 0.4) is 0 Å². The summed E-state index contributed by atoms with van der Waals surface area (Å²) >= 11 is 3.37. The van der Waals surface area contributed by atoms with Crippen molar-refractivity contribution in [3.8, 4) is 11.5 Å². The van der Waals surface area contributed by atoms with E-state index in [9.17, 15) is 4.79 Å². The number of hydrogen-bond acceptors (Lipinski definition) is 4. The van der Waals surface area contributed by atoms with Crippen molar-refractivity contribution in [2.45, 2.75) is 12.5 Å². The van der Waals surface area contributed by atoms with Gasteiger partial charge in [0, 0.05) is 12.2 Å². The fraction of sp³-hybridized carbons (Fsp3) is 0.462. The Morgan fingerprint density at radius 3 is 2.47 bits per heavy atom. The molecule has 0 saturated carbocycles. The molecule has 0 bridgehead atoms. The maximum atomic E-state index is 12.2. The van der Waals surface area contributed by atoms with Crippen LogP contribution in [0.25, 0.3) is 0 Å². The van der Waals surface area contributed by atoms with Crippen molar-refractivity contribution in [2.24, 2.45) is 0 Å². The van der Waals surface area contributed by atoms with Crippen LogP contribution >= 0.6 is 15.9 Å². The van der Waals surface area contributed by atoms with Gasteiger partial charge < -0.3 is 19.5 Å². The molecule has 5 nitrogen and oxygen atoms in total. The van der Waals surface area contributed by atoms with E-state index in [0.29, 0.717) is 34.7 Å². The summed E-state index contributed by atoms with van der Waals surface area (Å²) in [6, 6.07) is 3.43. The third kappa shape index (κ3) is 3.19. The molecule has 1 unspecified atom stereocenters. The van der Waals surface area contributed by atoms with Gasteiger partial charge in [-0.05, 0) is 34.5 Å². The molecule has 1 aromatic carbocycles. The average Bonchev–Trinajstić information content (AvgIpc) is 2.91. The predicted molar refractivity (Wildman–Crippen MR) is 73.9 cm³/mol. The van der Waals surface area contributed by atoms with Crippen molar-refractivity contribution in [1.29, 1.82) is 0 Å². The fourth-order valence-electron chi connectivity index (χ4n) is 1.92. The van der Waals surface area contributed by atoms with E-state index in [-0.39, 0.29) is 11.9 Å². The van der Waals surface area contributed by atoms with Crippen LogP contribution in [-0.4, -0.2) is 39.4 Å². The van der Waals surface area contributed by atoms with Gasteiger partial charge in [-0.1, -0.05) is 0 Å². The quantitative estimate of drug-likeness (QED) is 0.917. The second kappa shape index (κ2) is 6.25. The van der Waals surface area contributed by atoms with Gasteiger partial charge >= 0.3 is 0 Å². The zero-order valence-corrected chi connectivity index (χ0v) is 12.5. The van der Waals surface area contributed by atoms with Crippen molar-refractivity contribution in [1.82, 2.24) is 5.32 Å². The Kier molecular flexibility index (Phi) is 4.66. The number of ether oxygens (including phenoxy) is 3. The minimum atomic E-state index is -0.153. The van der Waals surface area contributed by atoms with E-state index < -0.39 is 0 Å². The first-order valence-electron chi connectivity index (χ1n) is 5.96. The lowest BCUT2D eigenvalue weighted by Crippen LogP contribution is -2.35. The van der Waals surface area contributed by atoms with Crippen LogP contribution in [-0.2, 0) is 4.74 Å². The van der Waals surface area contributed by atoms with Crippen molar-refractivity contribution in [3.05, 3.63) is 22.2 Å². The summed E-state index contributed by atoms with van der Waals surface area (Å²) in [6.45, 7) is 1.26. The third-order valence-corrected chi connectivity index (χ3v) is 3.75. The summed E-state index contributed by atoms with van der Waals surface area (Å²) in [5.74, 6) is 0.971. The molecule has 1 aliphatic rings. The third-order valence-electron chi connectivity index (χ3n) is 2.97. The van der Waals surface area contributed by atoms with Crippen LogP contribution in [0.1, 0.15) is 16.8 Å². The lowest BCUT2D eigenvalue weighted by atomic mass is 10.1. The highest BCUT2D eigenvalue weighted by atomic mass is 79.9. The van der Waals surface area contributed by atoms with Crippen molar-refractivity contribution < 1.29 is 19.0 Å². The van der Waals surface area contributed by atoms with Crippen LogP contribution < -0.4 is 14.8 Å². The van der Waals surface area contributed by atoms with Gasteiger partial charge in [0.15, 0.2) is 0 Å². The topological polar surface area (TPSA) is 56.8 Å². The zero-order chi connectivity index (χ0) is 13.8. The minimum Gasteiger partial charge on any atom is -0.495 e. The van der Waals surface area contributed by atoms with Crippen LogP contribution in [0.5, 0.6) is 11.5 Å². The van der Waals surface area contributed by atoms with E-state index in [1.165, 1.54) is 0 Å². The SMILES string of the molecule is COc1cc(C(=O)NC2CCOC2)cc(OC)c1Br. The number of methoxy groups -OCH3 is 2. The summed E-state index contributed by atoms with van der Waals surface area (Å²) < 4.78 is 16.4. The molecule has 1 aromatic rings. The van der Waals surface area contributed by atoms with Crippen molar-refractivity contribution in [2.75, 3.05) is 27.4 Å². The number of halogens is 1. The van der Waals surface area contributed by atoms with Gasteiger partial charge in [-0.25, -0.2) is 0 Å². The molecule has 1 heterocycles. The number of nitrogens with one attached hydrogen (secondary N) is 1. The van der Waals surface area contributed by atoms with Gasteiger partial charge in [-0.3, -0.25) is 4.79 Å². The van der Waals surface area contributed by atoms with Crippen molar-refractivity contribution >= 4 is 21.8 Å². The van der Waals surface area contributed by atoms with Gasteiger partial charge in [0.1, 0.15) is 16.0 Å². The molecule has 1 saturated heterocycles. The summed E-state index contributed by atoms with van der Waals surface area (Å²) in [5, 5.41) is 2.93. The number of amides is 1. The second-order valence-electron chi connectivity index (χ2n) is 4.23. The maximum Gasteiger partial charge on any atom is 0.251 e. The molecular formula is C13H16BrNO4. The van der Waals surface area contributed by atoms with Crippen LogP contribution in [0.15, 0.2) is 16.6 Å². The molecule has 2 rings (SSSR count). The number of hydrogen-bond donors (Lipinski definition) is 1. The minimum absolute atomic E-state index is 0.0770. The van der Waals surface area contributed by atoms with E-state index in [1.807, 2.05) is 0 Å². The number of carbonyl (C=O) groups excluding carboxylic acids is 1. The summed E-state index contributed by atoms with van der Waals surface area (Å²) in [5.41, 5.74) is 0.504. The van der Waals surface area contributed by atoms with Crippen molar-refractivity contribution in [3.63, 3.8) is 0 Å². The number of carbonyl (C=O) groups is 1. The molecule has 1 N–H and O–H groups in total. The molecule has 19 heavy (non-hydrogen) atoms. The number of rotatable bonds is 4. The lowest BCUT2D eigenvalue weighted by molar-refractivity contribution is 0.0929. The Bertz CT molecular complexity index is 447. The maximum absolute atomic E-state index is 12.2. The standard InChI is InChI=1S/C13H16BrNO4/c1-17-10-5-8(6-11(18-2)12(10)14)13(16)15-9-3-4-19-7-9/h5-6,9H,3-4,7H2,1-2H3,(H,15,16). The molecule has 0 radical (unpaired) electrons. The molecular weight excluding hydrogens is 314 g/mol. The van der Waals surface area contributed by atoms with Crippen LogP contribution in [0.2, 0.25) is 0 Å². The van der Waals surface area contributed by atoms with Gasteiger partial charge in [-0.2, -0.15) is 0 Å². The Balaban J connectivity index is 2.20. The van der Waals surface area contributed by atoms with E-state index in [2.05, 4.69) is 21.2 Å². The fourth-order valence-corrected chi connectivity index (χ4v) is 2.47. The first-order chi connectivity index (χ1) is 9.15. The molecule has 1 atom stereocenters. The molecule has 1 aliphatic heterocycles. The summed E-state index contributed by atoms with van der Waals surface area (Å²) in [7, 11) is 3.10. The van der Waals surface area contributed by atoms with E-state index >= 15 is 0 Å². The normalized spacial score (nSPS) is 18.2. The molecule has 104 valence electrons. The highest BCUT2D eigenvalue weighted by molar-refractivity contribution is 9.10. The first-order valence-corrected chi connectivity index (χ1v) is 6.75. The Labute approximate surface area is 120 Å². The summed E-state index contributed by atoms with van der Waals surface area (Å²) in [4.78, 5) is 12.2. The summed E-state index contributed by atoms with van der Waals surface area (Å²) in [6.07, 6.45) is 0.844. The predicted octanol–water partition coefficient (Wildman–Crippen LogP) is 1.99. The molecule has 0 aromatic heterocycles. The first kappa shape index (κ1) is 14.1. The van der Waals surface area contributed by atoms with E-state index in [0.717, 1.165) is 6.42 Å². The molecule has 1 fully saturated rings. The molecule has 1 amide bonds. The van der Waals surface area contributed by atoms with E-state index in [1.54, 1.807) is 26.4 Å².